The van der Waals surface area contributed by atoms with Gasteiger partial charge < -0.3 is 9.80 Å². The molecular formula is C26H28ClN3O3S. The summed E-state index contributed by atoms with van der Waals surface area (Å²) in [5, 5.41) is 0.696. The average molecular weight is 498 g/mol. The lowest BCUT2D eigenvalue weighted by molar-refractivity contribution is 0.0747. The molecule has 3 aromatic rings. The molecule has 1 heterocycles. The SMILES string of the molecule is Cc1ccccc1CN(c1ccc(C(=O)N2CCN(c3cccc(Cl)c3)CC2)cc1)S(C)(=O)=O. The van der Waals surface area contributed by atoms with Gasteiger partial charge in [-0.25, -0.2) is 8.42 Å². The van der Waals surface area contributed by atoms with Crippen LogP contribution in [-0.2, 0) is 16.6 Å². The fourth-order valence-electron chi connectivity index (χ4n) is 4.14. The van der Waals surface area contributed by atoms with Crippen molar-refractivity contribution in [3.63, 3.8) is 0 Å². The van der Waals surface area contributed by atoms with E-state index in [0.717, 1.165) is 29.9 Å². The second kappa shape index (κ2) is 10.1. The van der Waals surface area contributed by atoms with Crippen molar-refractivity contribution >= 4 is 38.9 Å². The third-order valence-corrected chi connectivity index (χ3v) is 7.49. The number of benzene rings is 3. The van der Waals surface area contributed by atoms with Gasteiger partial charge in [-0.15, -0.1) is 0 Å². The third kappa shape index (κ3) is 5.54. The zero-order valence-corrected chi connectivity index (χ0v) is 20.9. The van der Waals surface area contributed by atoms with Crippen molar-refractivity contribution in [1.82, 2.24) is 4.90 Å². The molecule has 1 aliphatic rings. The van der Waals surface area contributed by atoms with E-state index in [1.165, 1.54) is 10.6 Å². The zero-order valence-electron chi connectivity index (χ0n) is 19.3. The summed E-state index contributed by atoms with van der Waals surface area (Å²) < 4.78 is 26.4. The van der Waals surface area contributed by atoms with Crippen LogP contribution in [0.5, 0.6) is 0 Å². The molecule has 0 spiro atoms. The summed E-state index contributed by atoms with van der Waals surface area (Å²) in [6.45, 7) is 4.87. The van der Waals surface area contributed by atoms with Crippen LogP contribution in [0, 0.1) is 6.92 Å². The molecule has 0 N–H and O–H groups in total. The van der Waals surface area contributed by atoms with Crippen molar-refractivity contribution in [3.8, 4) is 0 Å². The molecule has 1 aliphatic heterocycles. The van der Waals surface area contributed by atoms with Gasteiger partial charge in [-0.05, 0) is 60.5 Å². The number of anilines is 2. The van der Waals surface area contributed by atoms with Crippen molar-refractivity contribution in [3.05, 3.63) is 94.5 Å². The largest absolute Gasteiger partial charge is 0.368 e. The summed E-state index contributed by atoms with van der Waals surface area (Å²) in [5.74, 6) is -0.0536. The molecule has 1 amide bonds. The van der Waals surface area contributed by atoms with Crippen LogP contribution in [0.25, 0.3) is 0 Å². The number of piperazine rings is 1. The molecule has 4 rings (SSSR count). The number of rotatable bonds is 6. The van der Waals surface area contributed by atoms with Crippen molar-refractivity contribution in [2.45, 2.75) is 13.5 Å². The molecule has 0 radical (unpaired) electrons. The third-order valence-electron chi connectivity index (χ3n) is 6.12. The number of nitrogens with zero attached hydrogens (tertiary/aromatic N) is 3. The molecule has 0 aliphatic carbocycles. The first-order valence-corrected chi connectivity index (χ1v) is 13.4. The van der Waals surface area contributed by atoms with Gasteiger partial charge in [0.2, 0.25) is 10.0 Å². The Hall–Kier alpha value is -3.03. The Labute approximate surface area is 206 Å². The van der Waals surface area contributed by atoms with Crippen LogP contribution >= 0.6 is 11.6 Å². The van der Waals surface area contributed by atoms with Crippen molar-refractivity contribution in [2.24, 2.45) is 0 Å². The maximum absolute atomic E-state index is 13.1. The standard InChI is InChI=1S/C26H28ClN3O3S/c1-20-6-3-4-7-22(20)19-30(34(2,32)33)24-12-10-21(11-13-24)26(31)29-16-14-28(15-17-29)25-9-5-8-23(27)18-25/h3-13,18H,14-17,19H2,1-2H3. The van der Waals surface area contributed by atoms with E-state index in [-0.39, 0.29) is 12.5 Å². The predicted molar refractivity (Wildman–Crippen MR) is 138 cm³/mol. The Morgan fingerprint density at radius 1 is 0.941 bits per heavy atom. The van der Waals surface area contributed by atoms with Gasteiger partial charge in [0, 0.05) is 42.5 Å². The van der Waals surface area contributed by atoms with Crippen LogP contribution in [0.2, 0.25) is 5.02 Å². The van der Waals surface area contributed by atoms with E-state index < -0.39 is 10.0 Å². The Morgan fingerprint density at radius 2 is 1.62 bits per heavy atom. The molecule has 0 bridgehead atoms. The first kappa shape index (κ1) is 24.1. The lowest BCUT2D eigenvalue weighted by Gasteiger charge is -2.36. The fraction of sp³-hybridized carbons (Fsp3) is 0.269. The summed E-state index contributed by atoms with van der Waals surface area (Å²) in [4.78, 5) is 17.1. The Bertz CT molecular complexity index is 1270. The van der Waals surface area contributed by atoms with Crippen LogP contribution in [0.4, 0.5) is 11.4 Å². The Morgan fingerprint density at radius 3 is 2.24 bits per heavy atom. The topological polar surface area (TPSA) is 60.9 Å². The number of sulfonamides is 1. The average Bonchev–Trinajstić information content (AvgIpc) is 2.83. The molecule has 34 heavy (non-hydrogen) atoms. The molecule has 0 saturated carbocycles. The zero-order chi connectivity index (χ0) is 24.3. The van der Waals surface area contributed by atoms with Gasteiger partial charge in [0.25, 0.3) is 5.91 Å². The molecule has 0 aromatic heterocycles. The molecule has 3 aromatic carbocycles. The number of amides is 1. The van der Waals surface area contributed by atoms with Gasteiger partial charge in [-0.3, -0.25) is 9.10 Å². The number of carbonyl (C=O) groups excluding carboxylic acids is 1. The minimum atomic E-state index is -3.50. The maximum Gasteiger partial charge on any atom is 0.253 e. The summed E-state index contributed by atoms with van der Waals surface area (Å²) in [5.41, 5.74) is 4.10. The van der Waals surface area contributed by atoms with E-state index in [2.05, 4.69) is 4.90 Å². The van der Waals surface area contributed by atoms with Crippen LogP contribution in [-0.4, -0.2) is 51.7 Å². The van der Waals surface area contributed by atoms with Crippen molar-refractivity contribution in [1.29, 1.82) is 0 Å². The minimum Gasteiger partial charge on any atom is -0.368 e. The summed E-state index contributed by atoms with van der Waals surface area (Å²) in [6, 6.07) is 22.3. The first-order chi connectivity index (χ1) is 16.2. The van der Waals surface area contributed by atoms with Gasteiger partial charge in [-0.1, -0.05) is 41.9 Å². The highest BCUT2D eigenvalue weighted by Gasteiger charge is 2.24. The summed E-state index contributed by atoms with van der Waals surface area (Å²) in [6.07, 6.45) is 1.20. The lowest BCUT2D eigenvalue weighted by Crippen LogP contribution is -2.48. The quantitative estimate of drug-likeness (QED) is 0.500. The van der Waals surface area contributed by atoms with Crippen LogP contribution in [0.3, 0.4) is 0 Å². The Kier molecular flexibility index (Phi) is 7.14. The van der Waals surface area contributed by atoms with E-state index in [1.807, 2.05) is 60.4 Å². The normalized spacial score (nSPS) is 14.2. The van der Waals surface area contributed by atoms with Gasteiger partial charge in [0.05, 0.1) is 18.5 Å². The van der Waals surface area contributed by atoms with E-state index in [1.54, 1.807) is 24.3 Å². The second-order valence-electron chi connectivity index (χ2n) is 8.50. The minimum absolute atomic E-state index is 0.0536. The molecule has 8 heteroatoms. The molecule has 178 valence electrons. The number of hydrogen-bond acceptors (Lipinski definition) is 4. The van der Waals surface area contributed by atoms with E-state index >= 15 is 0 Å². The molecule has 1 fully saturated rings. The van der Waals surface area contributed by atoms with Gasteiger partial charge in [0.1, 0.15) is 0 Å². The number of halogens is 1. The molecule has 0 unspecified atom stereocenters. The molecule has 1 saturated heterocycles. The fourth-order valence-corrected chi connectivity index (χ4v) is 5.20. The second-order valence-corrected chi connectivity index (χ2v) is 10.8. The lowest BCUT2D eigenvalue weighted by atomic mass is 10.1. The highest BCUT2D eigenvalue weighted by molar-refractivity contribution is 7.92. The number of carbonyl (C=O) groups is 1. The predicted octanol–water partition coefficient (Wildman–Crippen LogP) is 4.58. The molecule has 6 nitrogen and oxygen atoms in total. The van der Waals surface area contributed by atoms with Crippen molar-refractivity contribution in [2.75, 3.05) is 41.6 Å². The van der Waals surface area contributed by atoms with Crippen LogP contribution in [0.1, 0.15) is 21.5 Å². The highest BCUT2D eigenvalue weighted by Crippen LogP contribution is 2.24. The summed E-state index contributed by atoms with van der Waals surface area (Å²) in [7, 11) is -3.50. The van der Waals surface area contributed by atoms with Crippen LogP contribution in [0.15, 0.2) is 72.8 Å². The van der Waals surface area contributed by atoms with E-state index in [0.29, 0.717) is 29.4 Å². The van der Waals surface area contributed by atoms with Gasteiger partial charge in [-0.2, -0.15) is 0 Å². The smallest absolute Gasteiger partial charge is 0.253 e. The van der Waals surface area contributed by atoms with Gasteiger partial charge >= 0.3 is 0 Å². The molecule has 0 atom stereocenters. The number of aryl methyl sites for hydroxylation is 1. The number of hydrogen-bond donors (Lipinski definition) is 0. The summed E-state index contributed by atoms with van der Waals surface area (Å²) >= 11 is 6.11. The monoisotopic (exact) mass is 497 g/mol. The maximum atomic E-state index is 13.1. The Balaban J connectivity index is 1.45. The van der Waals surface area contributed by atoms with Crippen molar-refractivity contribution < 1.29 is 13.2 Å². The first-order valence-electron chi connectivity index (χ1n) is 11.1. The van der Waals surface area contributed by atoms with Crippen LogP contribution < -0.4 is 9.21 Å². The van der Waals surface area contributed by atoms with E-state index in [9.17, 15) is 13.2 Å². The highest BCUT2D eigenvalue weighted by atomic mass is 35.5. The van der Waals surface area contributed by atoms with E-state index in [4.69, 9.17) is 11.6 Å². The van der Waals surface area contributed by atoms with Gasteiger partial charge in [0.15, 0.2) is 0 Å². The molecular weight excluding hydrogens is 470 g/mol.